The number of halogens is 2. The number of rotatable bonds is 5. The molecule has 7 heteroatoms. The molecule has 0 saturated carbocycles. The number of nitrogens with one attached hydrogen (secondary N) is 2. The third kappa shape index (κ3) is 5.55. The van der Waals surface area contributed by atoms with Crippen molar-refractivity contribution in [2.45, 2.75) is 40.3 Å². The van der Waals surface area contributed by atoms with Gasteiger partial charge in [0.2, 0.25) is 0 Å². The lowest BCUT2D eigenvalue weighted by Gasteiger charge is -2.29. The van der Waals surface area contributed by atoms with Crippen molar-refractivity contribution in [1.29, 1.82) is 0 Å². The number of aldehydes is 1. The maximum absolute atomic E-state index is 12.2. The fourth-order valence-electron chi connectivity index (χ4n) is 1.50. The smallest absolute Gasteiger partial charge is 0.387 e. The monoisotopic (exact) mass is 330 g/mol. The normalized spacial score (nSPS) is 12.7. The summed E-state index contributed by atoms with van der Waals surface area (Å²) in [4.78, 5) is 11.1. The van der Waals surface area contributed by atoms with Crippen LogP contribution in [0.1, 0.15) is 38.1 Å². The minimum Gasteiger partial charge on any atom is -0.435 e. The second kappa shape index (κ2) is 7.49. The molecule has 2 N–H and O–H groups in total. The second-order valence-electron chi connectivity index (χ2n) is 5.93. The van der Waals surface area contributed by atoms with E-state index < -0.39 is 6.61 Å². The summed E-state index contributed by atoms with van der Waals surface area (Å²) in [5, 5.41) is 6.37. The predicted molar refractivity (Wildman–Crippen MR) is 86.7 cm³/mol. The molecule has 1 atom stereocenters. The lowest BCUT2D eigenvalue weighted by molar-refractivity contribution is -0.0498. The summed E-state index contributed by atoms with van der Waals surface area (Å²) in [6.07, 6.45) is 0.552. The Hall–Kier alpha value is -1.76. The zero-order valence-corrected chi connectivity index (χ0v) is 13.8. The van der Waals surface area contributed by atoms with E-state index in [9.17, 15) is 13.6 Å². The Bertz CT molecular complexity index is 545. The summed E-state index contributed by atoms with van der Waals surface area (Å²) in [6, 6.07) is 4.15. The fraction of sp³-hybridized carbons (Fsp3) is 0.467. The highest BCUT2D eigenvalue weighted by Crippen LogP contribution is 2.23. The number of thiocarbonyl (C=S) groups is 1. The van der Waals surface area contributed by atoms with Crippen molar-refractivity contribution in [3.63, 3.8) is 0 Å². The van der Waals surface area contributed by atoms with Gasteiger partial charge >= 0.3 is 6.61 Å². The maximum atomic E-state index is 12.2. The van der Waals surface area contributed by atoms with Gasteiger partial charge in [0.25, 0.3) is 0 Å². The third-order valence-electron chi connectivity index (χ3n) is 3.27. The first-order chi connectivity index (χ1) is 10.1. The van der Waals surface area contributed by atoms with Gasteiger partial charge < -0.3 is 15.4 Å². The molecule has 0 aliphatic rings. The Morgan fingerprint density at radius 2 is 2.00 bits per heavy atom. The molecule has 122 valence electrons. The molecule has 0 saturated heterocycles. The van der Waals surface area contributed by atoms with Crippen molar-refractivity contribution in [2.24, 2.45) is 5.41 Å². The quantitative estimate of drug-likeness (QED) is 0.635. The van der Waals surface area contributed by atoms with E-state index in [1.54, 1.807) is 0 Å². The van der Waals surface area contributed by atoms with Crippen molar-refractivity contribution in [3.8, 4) is 5.75 Å². The Labute approximate surface area is 134 Å². The Morgan fingerprint density at radius 1 is 1.36 bits per heavy atom. The van der Waals surface area contributed by atoms with Gasteiger partial charge in [0, 0.05) is 11.6 Å². The molecule has 0 aromatic heterocycles. The molecule has 0 bridgehead atoms. The largest absolute Gasteiger partial charge is 0.435 e. The minimum atomic E-state index is -2.94. The van der Waals surface area contributed by atoms with Gasteiger partial charge in [0.1, 0.15) is 5.75 Å². The molecule has 1 aromatic carbocycles. The molecule has 1 unspecified atom stereocenters. The number of anilines is 1. The first-order valence-electron chi connectivity index (χ1n) is 6.75. The molecule has 22 heavy (non-hydrogen) atoms. The van der Waals surface area contributed by atoms with E-state index in [4.69, 9.17) is 12.2 Å². The van der Waals surface area contributed by atoms with Crippen molar-refractivity contribution in [1.82, 2.24) is 5.32 Å². The number of hydrogen-bond donors (Lipinski definition) is 2. The third-order valence-corrected chi connectivity index (χ3v) is 3.49. The van der Waals surface area contributed by atoms with Crippen LogP contribution in [0, 0.1) is 5.41 Å². The van der Waals surface area contributed by atoms with Gasteiger partial charge in [-0.05, 0) is 42.8 Å². The van der Waals surface area contributed by atoms with Crippen LogP contribution in [0.15, 0.2) is 18.2 Å². The number of carbonyl (C=O) groups is 1. The van der Waals surface area contributed by atoms with Gasteiger partial charge in [0.15, 0.2) is 11.4 Å². The summed E-state index contributed by atoms with van der Waals surface area (Å²) >= 11 is 5.20. The topological polar surface area (TPSA) is 50.4 Å². The van der Waals surface area contributed by atoms with Crippen LogP contribution in [0.2, 0.25) is 0 Å². The zero-order valence-electron chi connectivity index (χ0n) is 12.9. The van der Waals surface area contributed by atoms with E-state index in [2.05, 4.69) is 36.1 Å². The average molecular weight is 330 g/mol. The van der Waals surface area contributed by atoms with E-state index in [0.29, 0.717) is 17.1 Å². The number of ether oxygens (including phenoxy) is 1. The van der Waals surface area contributed by atoms with Crippen LogP contribution < -0.4 is 15.4 Å². The zero-order chi connectivity index (χ0) is 16.9. The molecule has 0 aliphatic heterocycles. The molecule has 0 amide bonds. The number of hydrogen-bond acceptors (Lipinski definition) is 3. The number of alkyl halides is 2. The van der Waals surface area contributed by atoms with Crippen molar-refractivity contribution in [2.75, 3.05) is 5.32 Å². The summed E-state index contributed by atoms with van der Waals surface area (Å²) in [5.74, 6) is -0.0791. The highest BCUT2D eigenvalue weighted by atomic mass is 32.1. The van der Waals surface area contributed by atoms with Crippen LogP contribution in [0.4, 0.5) is 14.5 Å². The van der Waals surface area contributed by atoms with E-state index in [0.717, 1.165) is 0 Å². The van der Waals surface area contributed by atoms with Crippen LogP contribution in [0.5, 0.6) is 5.75 Å². The molecule has 1 aromatic rings. The van der Waals surface area contributed by atoms with Crippen molar-refractivity contribution >= 4 is 29.3 Å². The van der Waals surface area contributed by atoms with Gasteiger partial charge in [-0.15, -0.1) is 0 Å². The lowest BCUT2D eigenvalue weighted by atomic mass is 9.88. The van der Waals surface area contributed by atoms with Crippen molar-refractivity contribution < 1.29 is 18.3 Å². The van der Waals surface area contributed by atoms with E-state index >= 15 is 0 Å². The Balaban J connectivity index is 2.80. The maximum Gasteiger partial charge on any atom is 0.387 e. The van der Waals surface area contributed by atoms with Gasteiger partial charge in [0.05, 0.1) is 5.69 Å². The predicted octanol–water partition coefficient (Wildman–Crippen LogP) is 3.82. The summed E-state index contributed by atoms with van der Waals surface area (Å²) in [7, 11) is 0. The molecule has 0 fully saturated rings. The first kappa shape index (κ1) is 18.3. The molecule has 0 radical (unpaired) electrons. The molecule has 0 spiro atoms. The van der Waals surface area contributed by atoms with Gasteiger partial charge in [-0.2, -0.15) is 8.78 Å². The van der Waals surface area contributed by atoms with Crippen LogP contribution in [0.25, 0.3) is 0 Å². The van der Waals surface area contributed by atoms with Crippen LogP contribution in [0.3, 0.4) is 0 Å². The lowest BCUT2D eigenvalue weighted by Crippen LogP contribution is -2.43. The molecule has 0 aliphatic carbocycles. The van der Waals surface area contributed by atoms with Gasteiger partial charge in [-0.1, -0.05) is 20.8 Å². The Kier molecular flexibility index (Phi) is 6.22. The number of carbonyl (C=O) groups excluding carboxylic acids is 1. The second-order valence-corrected chi connectivity index (χ2v) is 6.34. The standard InChI is InChI=1S/C15H20F2N2O2S/c1-9(15(2,3)4)18-14(22)19-12-6-5-11(21-13(16)17)7-10(12)8-20/h5-9,13H,1-4H3,(H2,18,19,22). The molecule has 4 nitrogen and oxygen atoms in total. The van der Waals surface area contributed by atoms with Crippen molar-refractivity contribution in [3.05, 3.63) is 23.8 Å². The number of benzene rings is 1. The molecular formula is C15H20F2N2O2S. The highest BCUT2D eigenvalue weighted by molar-refractivity contribution is 7.80. The van der Waals surface area contributed by atoms with Crippen LogP contribution in [-0.4, -0.2) is 24.1 Å². The highest BCUT2D eigenvalue weighted by Gasteiger charge is 2.20. The minimum absolute atomic E-state index is 0.00813. The molecular weight excluding hydrogens is 310 g/mol. The van der Waals surface area contributed by atoms with E-state index in [1.807, 2.05) is 6.92 Å². The average Bonchev–Trinajstić information content (AvgIpc) is 2.38. The van der Waals surface area contributed by atoms with E-state index in [-0.39, 0.29) is 22.8 Å². The van der Waals surface area contributed by atoms with Crippen LogP contribution in [-0.2, 0) is 0 Å². The molecule has 0 heterocycles. The molecule has 1 rings (SSSR count). The SMILES string of the molecule is CC(NC(=S)Nc1ccc(OC(F)F)cc1C=O)C(C)(C)C. The Morgan fingerprint density at radius 3 is 2.50 bits per heavy atom. The summed E-state index contributed by atoms with van der Waals surface area (Å²) in [5.41, 5.74) is 0.620. The van der Waals surface area contributed by atoms with Gasteiger partial charge in [-0.25, -0.2) is 0 Å². The summed E-state index contributed by atoms with van der Waals surface area (Å²) < 4.78 is 28.6. The first-order valence-corrected chi connectivity index (χ1v) is 7.16. The van der Waals surface area contributed by atoms with Crippen LogP contribution >= 0.6 is 12.2 Å². The fourth-order valence-corrected chi connectivity index (χ4v) is 1.79. The summed E-state index contributed by atoms with van der Waals surface area (Å²) in [6.45, 7) is 5.27. The van der Waals surface area contributed by atoms with Gasteiger partial charge in [-0.3, -0.25) is 4.79 Å². The van der Waals surface area contributed by atoms with E-state index in [1.165, 1.54) is 18.2 Å².